The third-order valence-electron chi connectivity index (χ3n) is 4.00. The van der Waals surface area contributed by atoms with Gasteiger partial charge in [0.25, 0.3) is 5.91 Å². The second-order valence-corrected chi connectivity index (χ2v) is 7.56. The quantitative estimate of drug-likeness (QED) is 0.782. The van der Waals surface area contributed by atoms with Gasteiger partial charge < -0.3 is 4.74 Å². The van der Waals surface area contributed by atoms with Gasteiger partial charge in [-0.25, -0.2) is 4.98 Å². The Labute approximate surface area is 148 Å². The monoisotopic (exact) mass is 394 g/mol. The van der Waals surface area contributed by atoms with Crippen LogP contribution in [-0.4, -0.2) is 24.5 Å². The van der Waals surface area contributed by atoms with Crippen LogP contribution in [0.25, 0.3) is 0 Å². The minimum absolute atomic E-state index is 0.00278. The number of aromatic nitrogens is 1. The predicted molar refractivity (Wildman–Crippen MR) is 96.5 cm³/mol. The average Bonchev–Trinajstić information content (AvgIpc) is 2.99. The fourth-order valence-electron chi connectivity index (χ4n) is 2.56. The summed E-state index contributed by atoms with van der Waals surface area (Å²) in [5.74, 6) is 0.592. The minimum atomic E-state index is -0.0931. The van der Waals surface area contributed by atoms with Crippen molar-refractivity contribution in [2.75, 3.05) is 18.6 Å². The third-order valence-corrected chi connectivity index (χ3v) is 6.25. The Hall–Kier alpha value is -1.40. The Kier molecular flexibility index (Phi) is 5.02. The molecule has 1 aromatic carbocycles. The van der Waals surface area contributed by atoms with Gasteiger partial charge >= 0.3 is 0 Å². The first-order valence-electron chi connectivity index (χ1n) is 7.69. The number of thiazole rings is 1. The molecule has 1 amide bonds. The molecule has 0 unspecified atom stereocenters. The van der Waals surface area contributed by atoms with Crippen molar-refractivity contribution < 1.29 is 9.53 Å². The van der Waals surface area contributed by atoms with Gasteiger partial charge in [0.1, 0.15) is 5.75 Å². The summed E-state index contributed by atoms with van der Waals surface area (Å²) >= 11 is 5.12. The van der Waals surface area contributed by atoms with Gasteiger partial charge in [0.2, 0.25) is 0 Å². The van der Waals surface area contributed by atoms with Gasteiger partial charge in [-0.15, -0.1) is 11.3 Å². The van der Waals surface area contributed by atoms with Crippen molar-refractivity contribution in [1.82, 2.24) is 4.98 Å². The van der Waals surface area contributed by atoms with Crippen molar-refractivity contribution in [3.05, 3.63) is 38.8 Å². The first-order valence-corrected chi connectivity index (χ1v) is 9.30. The first-order chi connectivity index (χ1) is 11.1. The molecule has 0 fully saturated rings. The molecule has 0 radical (unpaired) electrons. The summed E-state index contributed by atoms with van der Waals surface area (Å²) in [6, 6.07) is 5.76. The molecule has 1 aliphatic carbocycles. The Morgan fingerprint density at radius 2 is 2.17 bits per heavy atom. The van der Waals surface area contributed by atoms with E-state index in [1.807, 2.05) is 25.1 Å². The maximum Gasteiger partial charge on any atom is 0.266 e. The smallest absolute Gasteiger partial charge is 0.266 e. The van der Waals surface area contributed by atoms with Crippen LogP contribution in [0.2, 0.25) is 0 Å². The number of carbonyl (C=O) groups excluding carboxylic acids is 1. The molecule has 3 rings (SSSR count). The number of carbonyl (C=O) groups is 1. The Balaban J connectivity index is 1.65. The maximum absolute atomic E-state index is 12.4. The molecular formula is C17H19BrN2O2S. The summed E-state index contributed by atoms with van der Waals surface area (Å²) in [6.07, 6.45) is 4.53. The maximum atomic E-state index is 12.4. The second kappa shape index (κ2) is 7.01. The van der Waals surface area contributed by atoms with Crippen molar-refractivity contribution in [3.8, 4) is 5.75 Å². The molecule has 0 saturated heterocycles. The van der Waals surface area contributed by atoms with E-state index in [0.29, 0.717) is 5.75 Å². The van der Waals surface area contributed by atoms with Crippen LogP contribution in [-0.2, 0) is 17.6 Å². The molecule has 2 aromatic rings. The zero-order chi connectivity index (χ0) is 16.4. The Morgan fingerprint density at radius 1 is 1.39 bits per heavy atom. The molecule has 0 N–H and O–H groups in total. The molecule has 0 spiro atoms. The summed E-state index contributed by atoms with van der Waals surface area (Å²) in [5, 5.41) is 0.772. The lowest BCUT2D eigenvalue weighted by Crippen LogP contribution is -2.31. The molecule has 4 nitrogen and oxygen atoms in total. The number of rotatable bonds is 4. The van der Waals surface area contributed by atoms with Crippen molar-refractivity contribution in [2.24, 2.45) is 0 Å². The predicted octanol–water partition coefficient (Wildman–Crippen LogP) is 4.13. The van der Waals surface area contributed by atoms with Crippen molar-refractivity contribution in [3.63, 3.8) is 0 Å². The summed E-state index contributed by atoms with van der Waals surface area (Å²) in [4.78, 5) is 19.9. The molecule has 0 saturated carbocycles. The highest BCUT2D eigenvalue weighted by molar-refractivity contribution is 9.10. The zero-order valence-electron chi connectivity index (χ0n) is 13.3. The van der Waals surface area contributed by atoms with Crippen LogP contribution in [0, 0.1) is 6.92 Å². The van der Waals surface area contributed by atoms with Gasteiger partial charge in [-0.2, -0.15) is 0 Å². The number of fused-ring (bicyclic) bond motifs is 1. The molecule has 23 heavy (non-hydrogen) atoms. The van der Waals surface area contributed by atoms with Crippen LogP contribution in [0.5, 0.6) is 5.75 Å². The van der Waals surface area contributed by atoms with Crippen LogP contribution < -0.4 is 9.64 Å². The lowest BCUT2D eigenvalue weighted by Gasteiger charge is -2.15. The van der Waals surface area contributed by atoms with Gasteiger partial charge in [-0.1, -0.05) is 12.1 Å². The fraction of sp³-hybridized carbons (Fsp3) is 0.412. The molecule has 1 aliphatic rings. The highest BCUT2D eigenvalue weighted by atomic mass is 79.9. The largest absolute Gasteiger partial charge is 0.483 e. The Bertz CT molecular complexity index is 706. The number of anilines is 1. The van der Waals surface area contributed by atoms with Crippen molar-refractivity contribution in [2.45, 2.75) is 32.6 Å². The van der Waals surface area contributed by atoms with Crippen LogP contribution in [0.4, 0.5) is 5.13 Å². The lowest BCUT2D eigenvalue weighted by atomic mass is 10.0. The second-order valence-electron chi connectivity index (χ2n) is 5.70. The number of hydrogen-bond acceptors (Lipinski definition) is 4. The molecule has 0 atom stereocenters. The van der Waals surface area contributed by atoms with Gasteiger partial charge in [0, 0.05) is 11.9 Å². The molecule has 122 valence electrons. The van der Waals surface area contributed by atoms with Gasteiger partial charge in [-0.3, -0.25) is 9.69 Å². The van der Waals surface area contributed by atoms with Crippen LogP contribution >= 0.6 is 27.3 Å². The standard InChI is InChI=1S/C17H19BrN2O2S/c1-11-6-5-8-13(16(11)18)22-10-15(21)20(2)17-19-12-7-3-4-9-14(12)23-17/h5-6,8H,3-4,7,9-10H2,1-2H3. The van der Waals surface area contributed by atoms with E-state index < -0.39 is 0 Å². The number of halogens is 1. The van der Waals surface area contributed by atoms with Gasteiger partial charge in [0.15, 0.2) is 11.7 Å². The van der Waals surface area contributed by atoms with E-state index >= 15 is 0 Å². The highest BCUT2D eigenvalue weighted by Gasteiger charge is 2.20. The number of aryl methyl sites for hydroxylation is 3. The average molecular weight is 395 g/mol. The number of amides is 1. The number of nitrogens with zero attached hydrogens (tertiary/aromatic N) is 2. The van der Waals surface area contributed by atoms with E-state index in [2.05, 4.69) is 20.9 Å². The van der Waals surface area contributed by atoms with Gasteiger partial charge in [-0.05, 0) is 60.2 Å². The molecule has 6 heteroatoms. The van der Waals surface area contributed by atoms with Gasteiger partial charge in [0.05, 0.1) is 10.2 Å². The third kappa shape index (κ3) is 3.58. The fourth-order valence-corrected chi connectivity index (χ4v) is 4.06. The van der Waals surface area contributed by atoms with E-state index in [9.17, 15) is 4.79 Å². The molecule has 0 aliphatic heterocycles. The topological polar surface area (TPSA) is 42.4 Å². The van der Waals surface area contributed by atoms with E-state index in [1.165, 1.54) is 23.4 Å². The summed E-state index contributed by atoms with van der Waals surface area (Å²) in [5.41, 5.74) is 2.24. The summed E-state index contributed by atoms with van der Waals surface area (Å²) in [6.45, 7) is 1.99. The van der Waals surface area contributed by atoms with E-state index in [-0.39, 0.29) is 12.5 Å². The van der Waals surface area contributed by atoms with E-state index in [4.69, 9.17) is 4.74 Å². The lowest BCUT2D eigenvalue weighted by molar-refractivity contribution is -0.120. The molecule has 1 aromatic heterocycles. The first kappa shape index (κ1) is 16.5. The number of hydrogen-bond donors (Lipinski definition) is 0. The van der Waals surface area contributed by atoms with Crippen LogP contribution in [0.1, 0.15) is 29.0 Å². The normalized spacial score (nSPS) is 13.5. The van der Waals surface area contributed by atoms with Crippen LogP contribution in [0.3, 0.4) is 0 Å². The highest BCUT2D eigenvalue weighted by Crippen LogP contribution is 2.32. The van der Waals surface area contributed by atoms with Crippen molar-refractivity contribution >= 4 is 38.3 Å². The number of likely N-dealkylation sites (N-methyl/N-ethyl adjacent to an activating group) is 1. The van der Waals surface area contributed by atoms with Crippen LogP contribution in [0.15, 0.2) is 22.7 Å². The summed E-state index contributed by atoms with van der Waals surface area (Å²) in [7, 11) is 1.77. The van der Waals surface area contributed by atoms with E-state index in [0.717, 1.165) is 28.0 Å². The number of ether oxygens (including phenoxy) is 1. The summed E-state index contributed by atoms with van der Waals surface area (Å²) < 4.78 is 6.55. The number of benzene rings is 1. The zero-order valence-corrected chi connectivity index (χ0v) is 15.7. The SMILES string of the molecule is Cc1cccc(OCC(=O)N(C)c2nc3c(s2)CCCC3)c1Br. The Morgan fingerprint density at radius 3 is 2.96 bits per heavy atom. The molecule has 0 bridgehead atoms. The molecule has 1 heterocycles. The van der Waals surface area contributed by atoms with E-state index in [1.54, 1.807) is 23.3 Å². The minimum Gasteiger partial charge on any atom is -0.483 e. The van der Waals surface area contributed by atoms with Crippen molar-refractivity contribution in [1.29, 1.82) is 0 Å². The molecular weight excluding hydrogens is 376 g/mol.